The molecule has 0 saturated carbocycles. The molecule has 0 unspecified atom stereocenters. The van der Waals surface area contributed by atoms with Crippen LogP contribution in [0, 0.1) is 0 Å². The molecule has 3 nitrogen and oxygen atoms in total. The first-order valence-corrected chi connectivity index (χ1v) is 6.99. The lowest BCUT2D eigenvalue weighted by Crippen LogP contribution is -2.34. The second-order valence-electron chi connectivity index (χ2n) is 4.72. The molecule has 2 rings (SSSR count). The van der Waals surface area contributed by atoms with Crippen LogP contribution in [0.25, 0.3) is 6.08 Å². The molecule has 0 aromatic heterocycles. The molecule has 1 amide bonds. The number of likely N-dealkylation sites (tertiary alicyclic amines) is 1. The van der Waals surface area contributed by atoms with Gasteiger partial charge in [-0.3, -0.25) is 4.79 Å². The van der Waals surface area contributed by atoms with Gasteiger partial charge in [-0.2, -0.15) is 0 Å². The third-order valence-electron chi connectivity index (χ3n) is 3.28. The van der Waals surface area contributed by atoms with Gasteiger partial charge in [0, 0.05) is 19.2 Å². The Kier molecular flexibility index (Phi) is 5.01. The zero-order valence-electron chi connectivity index (χ0n) is 11.5. The second kappa shape index (κ2) is 6.98. The van der Waals surface area contributed by atoms with Gasteiger partial charge in [-0.15, -0.1) is 0 Å². The normalized spacial score (nSPS) is 15.7. The summed E-state index contributed by atoms with van der Waals surface area (Å²) in [5, 5.41) is 0. The van der Waals surface area contributed by atoms with Crippen molar-refractivity contribution in [3.05, 3.63) is 35.9 Å². The van der Waals surface area contributed by atoms with Crippen LogP contribution < -0.4 is 4.74 Å². The average Bonchev–Trinajstić information content (AvgIpc) is 2.47. The quantitative estimate of drug-likeness (QED) is 0.778. The summed E-state index contributed by atoms with van der Waals surface area (Å²) in [6.45, 7) is 4.42. The number of piperidine rings is 1. The first-order chi connectivity index (χ1) is 9.29. The summed E-state index contributed by atoms with van der Waals surface area (Å²) in [6, 6.07) is 7.78. The number of ether oxygens (including phenoxy) is 1. The maximum absolute atomic E-state index is 12.0. The van der Waals surface area contributed by atoms with E-state index in [9.17, 15) is 4.79 Å². The van der Waals surface area contributed by atoms with E-state index in [4.69, 9.17) is 4.74 Å². The van der Waals surface area contributed by atoms with Crippen molar-refractivity contribution < 1.29 is 9.53 Å². The van der Waals surface area contributed by atoms with Gasteiger partial charge >= 0.3 is 0 Å². The maximum Gasteiger partial charge on any atom is 0.246 e. The summed E-state index contributed by atoms with van der Waals surface area (Å²) in [5.41, 5.74) is 1.02. The second-order valence-corrected chi connectivity index (χ2v) is 4.72. The maximum atomic E-state index is 12.0. The van der Waals surface area contributed by atoms with Crippen molar-refractivity contribution in [1.29, 1.82) is 0 Å². The Hall–Kier alpha value is -1.77. The van der Waals surface area contributed by atoms with Crippen LogP contribution in [0.5, 0.6) is 5.75 Å². The number of hydrogen-bond donors (Lipinski definition) is 0. The average molecular weight is 259 g/mol. The van der Waals surface area contributed by atoms with Gasteiger partial charge in [0.1, 0.15) is 5.75 Å². The molecule has 19 heavy (non-hydrogen) atoms. The predicted octanol–water partition coefficient (Wildman–Crippen LogP) is 3.11. The number of hydrogen-bond acceptors (Lipinski definition) is 2. The molecule has 1 aromatic carbocycles. The molecule has 0 radical (unpaired) electrons. The van der Waals surface area contributed by atoms with Crippen LogP contribution in [0.2, 0.25) is 0 Å². The molecular weight excluding hydrogens is 238 g/mol. The SMILES string of the molecule is CCOc1ccc(/C=C/C(=O)N2CCCCC2)cc1. The Morgan fingerprint density at radius 1 is 1.21 bits per heavy atom. The summed E-state index contributed by atoms with van der Waals surface area (Å²) in [5.74, 6) is 0.982. The van der Waals surface area contributed by atoms with Gasteiger partial charge in [-0.25, -0.2) is 0 Å². The highest BCUT2D eigenvalue weighted by Gasteiger charge is 2.13. The minimum atomic E-state index is 0.119. The Morgan fingerprint density at radius 3 is 2.53 bits per heavy atom. The smallest absolute Gasteiger partial charge is 0.246 e. The molecule has 0 N–H and O–H groups in total. The Morgan fingerprint density at radius 2 is 1.89 bits per heavy atom. The molecule has 3 heteroatoms. The van der Waals surface area contributed by atoms with E-state index in [1.165, 1.54) is 6.42 Å². The fourth-order valence-electron chi connectivity index (χ4n) is 2.23. The van der Waals surface area contributed by atoms with E-state index in [0.717, 1.165) is 37.2 Å². The zero-order valence-corrected chi connectivity index (χ0v) is 11.5. The highest BCUT2D eigenvalue weighted by Crippen LogP contribution is 2.14. The van der Waals surface area contributed by atoms with Crippen LogP contribution >= 0.6 is 0 Å². The molecule has 1 aliphatic heterocycles. The number of carbonyl (C=O) groups excluding carboxylic acids is 1. The summed E-state index contributed by atoms with van der Waals surface area (Å²) in [6.07, 6.45) is 7.03. The van der Waals surface area contributed by atoms with Gasteiger partial charge in [0.2, 0.25) is 5.91 Å². The number of amides is 1. The topological polar surface area (TPSA) is 29.5 Å². The van der Waals surface area contributed by atoms with Crippen LogP contribution in [-0.4, -0.2) is 30.5 Å². The molecule has 0 spiro atoms. The fourth-order valence-corrected chi connectivity index (χ4v) is 2.23. The van der Waals surface area contributed by atoms with E-state index in [0.29, 0.717) is 6.61 Å². The minimum Gasteiger partial charge on any atom is -0.494 e. The molecular formula is C16H21NO2. The monoisotopic (exact) mass is 259 g/mol. The summed E-state index contributed by atoms with van der Waals surface area (Å²) < 4.78 is 5.38. The van der Waals surface area contributed by atoms with Gasteiger partial charge in [0.25, 0.3) is 0 Å². The van der Waals surface area contributed by atoms with Crippen LogP contribution in [0.4, 0.5) is 0 Å². The Labute approximate surface area is 114 Å². The third-order valence-corrected chi connectivity index (χ3v) is 3.28. The zero-order chi connectivity index (χ0) is 13.5. The van der Waals surface area contributed by atoms with E-state index in [1.54, 1.807) is 6.08 Å². The largest absolute Gasteiger partial charge is 0.494 e. The highest BCUT2D eigenvalue weighted by atomic mass is 16.5. The van der Waals surface area contributed by atoms with E-state index >= 15 is 0 Å². The van der Waals surface area contributed by atoms with Crippen molar-refractivity contribution in [3.8, 4) is 5.75 Å². The van der Waals surface area contributed by atoms with Crippen LogP contribution in [-0.2, 0) is 4.79 Å². The molecule has 102 valence electrons. The first-order valence-electron chi connectivity index (χ1n) is 6.99. The minimum absolute atomic E-state index is 0.119. The van der Waals surface area contributed by atoms with Gasteiger partial charge in [-0.05, 0) is 50.0 Å². The van der Waals surface area contributed by atoms with Crippen molar-refractivity contribution in [2.75, 3.05) is 19.7 Å². The van der Waals surface area contributed by atoms with E-state index in [-0.39, 0.29) is 5.91 Å². The summed E-state index contributed by atoms with van der Waals surface area (Å²) in [4.78, 5) is 13.9. The van der Waals surface area contributed by atoms with E-state index in [2.05, 4.69) is 0 Å². The lowest BCUT2D eigenvalue weighted by atomic mass is 10.1. The molecule has 0 atom stereocenters. The first kappa shape index (κ1) is 13.7. The fraction of sp³-hybridized carbons (Fsp3) is 0.438. The van der Waals surface area contributed by atoms with E-state index < -0.39 is 0 Å². The molecule has 1 heterocycles. The lowest BCUT2D eigenvalue weighted by Gasteiger charge is -2.25. The van der Waals surface area contributed by atoms with Gasteiger partial charge < -0.3 is 9.64 Å². The van der Waals surface area contributed by atoms with E-state index in [1.807, 2.05) is 42.2 Å². The van der Waals surface area contributed by atoms with Crippen molar-refractivity contribution in [2.45, 2.75) is 26.2 Å². The molecule has 1 fully saturated rings. The van der Waals surface area contributed by atoms with Crippen molar-refractivity contribution in [1.82, 2.24) is 4.90 Å². The van der Waals surface area contributed by atoms with Crippen molar-refractivity contribution in [2.24, 2.45) is 0 Å². The Bertz CT molecular complexity index is 431. The van der Waals surface area contributed by atoms with Crippen LogP contribution in [0.3, 0.4) is 0 Å². The summed E-state index contributed by atoms with van der Waals surface area (Å²) in [7, 11) is 0. The summed E-state index contributed by atoms with van der Waals surface area (Å²) >= 11 is 0. The van der Waals surface area contributed by atoms with Crippen molar-refractivity contribution >= 4 is 12.0 Å². The number of benzene rings is 1. The number of rotatable bonds is 4. The van der Waals surface area contributed by atoms with Crippen LogP contribution in [0.15, 0.2) is 30.3 Å². The third kappa shape index (κ3) is 4.12. The molecule has 0 bridgehead atoms. The Balaban J connectivity index is 1.91. The van der Waals surface area contributed by atoms with Gasteiger partial charge in [0.05, 0.1) is 6.61 Å². The predicted molar refractivity (Wildman–Crippen MR) is 77.1 cm³/mol. The number of nitrogens with zero attached hydrogens (tertiary/aromatic N) is 1. The standard InChI is InChI=1S/C16H21NO2/c1-2-19-15-9-6-14(7-10-15)8-11-16(18)17-12-4-3-5-13-17/h6-11H,2-5,12-13H2,1H3/b11-8+. The molecule has 1 aromatic rings. The number of carbonyl (C=O) groups is 1. The van der Waals surface area contributed by atoms with Crippen molar-refractivity contribution in [3.63, 3.8) is 0 Å². The molecule has 0 aliphatic carbocycles. The molecule has 1 saturated heterocycles. The van der Waals surface area contributed by atoms with Crippen LogP contribution in [0.1, 0.15) is 31.7 Å². The van der Waals surface area contributed by atoms with Gasteiger partial charge in [-0.1, -0.05) is 12.1 Å². The molecule has 1 aliphatic rings. The lowest BCUT2D eigenvalue weighted by molar-refractivity contribution is -0.126. The van der Waals surface area contributed by atoms with Gasteiger partial charge in [0.15, 0.2) is 0 Å². The highest BCUT2D eigenvalue weighted by molar-refractivity contribution is 5.91.